The van der Waals surface area contributed by atoms with Crippen molar-refractivity contribution in [3.8, 4) is 0 Å². The summed E-state index contributed by atoms with van der Waals surface area (Å²) in [5.74, 6) is -2.65. The van der Waals surface area contributed by atoms with E-state index in [4.69, 9.17) is 14.2 Å². The minimum absolute atomic E-state index is 0.156. The predicted octanol–water partition coefficient (Wildman–Crippen LogP) is 2.46. The molecule has 0 spiro atoms. The van der Waals surface area contributed by atoms with Gasteiger partial charge in [-0.1, -0.05) is 18.2 Å². The van der Waals surface area contributed by atoms with E-state index in [0.29, 0.717) is 9.80 Å². The molecule has 0 N–H and O–H groups in total. The lowest BCUT2D eigenvalue weighted by Crippen LogP contribution is -2.43. The zero-order valence-electron chi connectivity index (χ0n) is 15.2. The zero-order valence-corrected chi connectivity index (χ0v) is 16.0. The molecule has 4 atom stereocenters. The van der Waals surface area contributed by atoms with Gasteiger partial charge in [-0.3, -0.25) is 9.59 Å². The fourth-order valence-electron chi connectivity index (χ4n) is 2.99. The number of hydrogen-bond donors (Lipinski definition) is 0. The molecule has 1 aliphatic carbocycles. The highest BCUT2D eigenvalue weighted by Crippen LogP contribution is 2.36. The predicted molar refractivity (Wildman–Crippen MR) is 96.6 cm³/mol. The fourth-order valence-corrected chi connectivity index (χ4v) is 4.29. The number of rotatable bonds is 7. The number of benzene rings is 1. The Morgan fingerprint density at radius 2 is 1.69 bits per heavy atom. The standard InChI is InChI=1S/C19H24O6S/c1-4-24-18(20)15-11-14(26(22)13-9-7-6-8-10-13)12-16(23-3)17(15)19(21)25-5-2/h6-10,12,15-17H,4-5,11H2,1-3H3/t15-,16+,17+,26?/m1/s1. The Morgan fingerprint density at radius 3 is 2.27 bits per heavy atom. The van der Waals surface area contributed by atoms with Crippen molar-refractivity contribution in [2.45, 2.75) is 31.3 Å². The molecule has 0 heterocycles. The average Bonchev–Trinajstić information content (AvgIpc) is 2.67. The molecule has 1 unspecified atom stereocenters. The molecule has 2 rings (SSSR count). The second-order valence-electron chi connectivity index (χ2n) is 5.76. The lowest BCUT2D eigenvalue weighted by Gasteiger charge is -2.33. The van der Waals surface area contributed by atoms with Crippen LogP contribution in [0.5, 0.6) is 0 Å². The van der Waals surface area contributed by atoms with Crippen molar-refractivity contribution in [1.82, 2.24) is 0 Å². The molecule has 6 nitrogen and oxygen atoms in total. The lowest BCUT2D eigenvalue weighted by atomic mass is 9.80. The third-order valence-electron chi connectivity index (χ3n) is 4.17. The van der Waals surface area contributed by atoms with Gasteiger partial charge in [0.2, 0.25) is 0 Å². The molecule has 0 radical (unpaired) electrons. The summed E-state index contributed by atoms with van der Waals surface area (Å²) in [5, 5.41) is 0. The second kappa shape index (κ2) is 9.64. The van der Waals surface area contributed by atoms with Gasteiger partial charge in [0.05, 0.1) is 36.0 Å². The lowest BCUT2D eigenvalue weighted by molar-refractivity contribution is -0.165. The van der Waals surface area contributed by atoms with E-state index < -0.39 is 40.7 Å². The third kappa shape index (κ3) is 4.59. The van der Waals surface area contributed by atoms with Crippen molar-refractivity contribution < 1.29 is 28.0 Å². The van der Waals surface area contributed by atoms with Gasteiger partial charge in [0, 0.05) is 16.9 Å². The van der Waals surface area contributed by atoms with Crippen LogP contribution < -0.4 is 0 Å². The molecule has 1 aliphatic rings. The molecule has 0 fully saturated rings. The Hall–Kier alpha value is -1.99. The smallest absolute Gasteiger partial charge is 0.312 e. The summed E-state index contributed by atoms with van der Waals surface area (Å²) in [6.07, 6.45) is 1.12. The van der Waals surface area contributed by atoms with Crippen LogP contribution in [0, 0.1) is 11.8 Å². The van der Waals surface area contributed by atoms with Crippen LogP contribution in [0.1, 0.15) is 20.3 Å². The van der Waals surface area contributed by atoms with Crippen molar-refractivity contribution in [3.63, 3.8) is 0 Å². The number of hydrogen-bond acceptors (Lipinski definition) is 6. The zero-order chi connectivity index (χ0) is 19.1. The summed E-state index contributed by atoms with van der Waals surface area (Å²) in [4.78, 5) is 26.1. The van der Waals surface area contributed by atoms with Crippen molar-refractivity contribution in [1.29, 1.82) is 0 Å². The Bertz CT molecular complexity index is 685. The Labute approximate surface area is 156 Å². The Balaban J connectivity index is 2.38. The van der Waals surface area contributed by atoms with E-state index in [1.807, 2.05) is 6.07 Å². The van der Waals surface area contributed by atoms with Crippen molar-refractivity contribution in [2.75, 3.05) is 20.3 Å². The van der Waals surface area contributed by atoms with Gasteiger partial charge in [-0.15, -0.1) is 0 Å². The van der Waals surface area contributed by atoms with Crippen molar-refractivity contribution in [3.05, 3.63) is 41.3 Å². The van der Waals surface area contributed by atoms with Gasteiger partial charge in [0.15, 0.2) is 0 Å². The van der Waals surface area contributed by atoms with Gasteiger partial charge in [-0.05, 0) is 38.5 Å². The maximum atomic E-state index is 12.9. The van der Waals surface area contributed by atoms with Crippen LogP contribution in [0.3, 0.4) is 0 Å². The average molecular weight is 380 g/mol. The molecule has 7 heteroatoms. The fraction of sp³-hybridized carbons (Fsp3) is 0.474. The van der Waals surface area contributed by atoms with E-state index >= 15 is 0 Å². The van der Waals surface area contributed by atoms with E-state index in [9.17, 15) is 13.8 Å². The summed E-state index contributed by atoms with van der Waals surface area (Å²) < 4.78 is 28.6. The SMILES string of the molecule is CCOC(=O)[C@@H]1[C@@H](OC)C=C(S(=O)c2ccccc2)C[C@H]1C(=O)OCC. The summed E-state index contributed by atoms with van der Waals surface area (Å²) in [6, 6.07) is 8.96. The minimum Gasteiger partial charge on any atom is -0.466 e. The van der Waals surface area contributed by atoms with Crippen LogP contribution in [0.4, 0.5) is 0 Å². The molecule has 0 amide bonds. The molecule has 0 aromatic heterocycles. The first-order valence-electron chi connectivity index (χ1n) is 8.57. The number of methoxy groups -OCH3 is 1. The molecule has 0 bridgehead atoms. The quantitative estimate of drug-likeness (QED) is 0.676. The summed E-state index contributed by atoms with van der Waals surface area (Å²) >= 11 is 0. The first kappa shape index (κ1) is 20.3. The number of ether oxygens (including phenoxy) is 3. The molecule has 0 saturated carbocycles. The first-order chi connectivity index (χ1) is 12.5. The molecule has 0 aliphatic heterocycles. The highest BCUT2D eigenvalue weighted by Gasteiger charge is 2.45. The third-order valence-corrected chi connectivity index (χ3v) is 5.65. The first-order valence-corrected chi connectivity index (χ1v) is 9.72. The van der Waals surface area contributed by atoms with E-state index in [2.05, 4.69) is 0 Å². The van der Waals surface area contributed by atoms with Crippen LogP contribution >= 0.6 is 0 Å². The van der Waals surface area contributed by atoms with Gasteiger partial charge in [0.1, 0.15) is 5.92 Å². The molecular weight excluding hydrogens is 356 g/mol. The van der Waals surface area contributed by atoms with E-state index in [-0.39, 0.29) is 19.6 Å². The number of esters is 2. The van der Waals surface area contributed by atoms with Crippen LogP contribution in [-0.4, -0.2) is 42.6 Å². The van der Waals surface area contributed by atoms with E-state index in [1.54, 1.807) is 44.2 Å². The largest absolute Gasteiger partial charge is 0.466 e. The van der Waals surface area contributed by atoms with Crippen LogP contribution in [0.15, 0.2) is 46.2 Å². The van der Waals surface area contributed by atoms with Gasteiger partial charge >= 0.3 is 11.9 Å². The molecule has 26 heavy (non-hydrogen) atoms. The molecule has 1 aromatic carbocycles. The number of carbonyl (C=O) groups is 2. The van der Waals surface area contributed by atoms with Crippen LogP contribution in [0.2, 0.25) is 0 Å². The van der Waals surface area contributed by atoms with E-state index in [0.717, 1.165) is 0 Å². The van der Waals surface area contributed by atoms with Gasteiger partial charge in [0.25, 0.3) is 0 Å². The highest BCUT2D eigenvalue weighted by atomic mass is 32.2. The summed E-state index contributed by atoms with van der Waals surface area (Å²) in [6.45, 7) is 3.80. The summed E-state index contributed by atoms with van der Waals surface area (Å²) in [7, 11) is 0.00439. The minimum atomic E-state index is -1.44. The molecule has 1 aromatic rings. The monoisotopic (exact) mass is 380 g/mol. The number of allylic oxidation sites excluding steroid dienone is 1. The summed E-state index contributed by atoms with van der Waals surface area (Å²) in [5.41, 5.74) is 0. The van der Waals surface area contributed by atoms with Crippen molar-refractivity contribution in [2.24, 2.45) is 11.8 Å². The molecule has 142 valence electrons. The topological polar surface area (TPSA) is 78.9 Å². The Kier molecular flexibility index (Phi) is 7.53. The van der Waals surface area contributed by atoms with Crippen LogP contribution in [0.25, 0.3) is 0 Å². The normalized spacial score (nSPS) is 23.7. The highest BCUT2D eigenvalue weighted by molar-refractivity contribution is 7.89. The maximum absolute atomic E-state index is 12.9. The molecular formula is C19H24O6S. The number of carbonyl (C=O) groups excluding carboxylic acids is 2. The van der Waals surface area contributed by atoms with E-state index in [1.165, 1.54) is 7.11 Å². The maximum Gasteiger partial charge on any atom is 0.312 e. The second-order valence-corrected chi connectivity index (χ2v) is 7.29. The van der Waals surface area contributed by atoms with Crippen LogP contribution in [-0.2, 0) is 34.6 Å². The van der Waals surface area contributed by atoms with Gasteiger partial charge in [-0.2, -0.15) is 0 Å². The Morgan fingerprint density at radius 1 is 1.08 bits per heavy atom. The molecule has 0 saturated heterocycles. The van der Waals surface area contributed by atoms with Crippen molar-refractivity contribution >= 4 is 22.7 Å². The van der Waals surface area contributed by atoms with Gasteiger partial charge in [-0.25, -0.2) is 4.21 Å². The van der Waals surface area contributed by atoms with Gasteiger partial charge < -0.3 is 14.2 Å².